The van der Waals surface area contributed by atoms with Crippen LogP contribution in [0.2, 0.25) is 0 Å². The van der Waals surface area contributed by atoms with Crippen LogP contribution in [-0.4, -0.2) is 44.9 Å². The van der Waals surface area contributed by atoms with Gasteiger partial charge in [-0.1, -0.05) is 328 Å². The van der Waals surface area contributed by atoms with E-state index in [0.717, 1.165) is 185 Å². The number of hydrogen-bond acceptors (Lipinski definition) is 9. The smallest absolute Gasteiger partial charge is 0.161 e. The molecular formula is C105H69N9. The van der Waals surface area contributed by atoms with Gasteiger partial charge in [-0.2, -0.15) is 0 Å². The van der Waals surface area contributed by atoms with Crippen molar-refractivity contribution in [2.24, 2.45) is 0 Å². The molecule has 13 aromatic carbocycles. The number of pyridine rings is 3. The fraction of sp³-hybridized carbons (Fsp3) is 0. The fourth-order valence-corrected chi connectivity index (χ4v) is 14.9. The molecule has 0 saturated carbocycles. The SMILES string of the molecule is c1ccc(-c2cc(-c3ccccc3)nc(-c3ccc(-c4ccc(-c5ccccc5-c5cc(-c6ccccc6-c6ccc(-c7ccc(-c8nc(-c9ccccc9)cc(-c9ccccc9)n8)cn7)cc6)cc(-c6ccccc6-c6ccc(-c7ccc(-c8nc(-c9ccccc9)cc(-c9ccccc9)n8)cn7)cc6)c5)cc4)nc3)n2)cc1. The Morgan fingerprint density at radius 2 is 0.281 bits per heavy atom. The lowest BCUT2D eigenvalue weighted by Crippen LogP contribution is -1.96. The van der Waals surface area contributed by atoms with Gasteiger partial charge in [-0.05, 0) is 140 Å². The molecule has 9 nitrogen and oxygen atoms in total. The number of hydrogen-bond donors (Lipinski definition) is 0. The van der Waals surface area contributed by atoms with E-state index < -0.39 is 0 Å². The molecule has 19 aromatic rings. The summed E-state index contributed by atoms with van der Waals surface area (Å²) in [4.78, 5) is 45.6. The van der Waals surface area contributed by atoms with E-state index in [1.807, 2.05) is 128 Å². The molecule has 0 aliphatic rings. The van der Waals surface area contributed by atoms with Crippen molar-refractivity contribution in [3.05, 3.63) is 419 Å². The van der Waals surface area contributed by atoms with Gasteiger partial charge < -0.3 is 0 Å². The van der Waals surface area contributed by atoms with Crippen LogP contribution in [0.3, 0.4) is 0 Å². The van der Waals surface area contributed by atoms with Gasteiger partial charge in [0.15, 0.2) is 17.5 Å². The topological polar surface area (TPSA) is 116 Å². The maximum absolute atomic E-state index is 5.07. The van der Waals surface area contributed by atoms with Crippen LogP contribution < -0.4 is 0 Å². The average Bonchev–Trinajstić information content (AvgIpc) is 0.769. The third kappa shape index (κ3) is 14.6. The number of benzene rings is 13. The molecule has 0 fully saturated rings. The van der Waals surface area contributed by atoms with Crippen LogP contribution in [0.5, 0.6) is 0 Å². The summed E-state index contributed by atoms with van der Waals surface area (Å²) < 4.78 is 0. The molecule has 0 N–H and O–H groups in total. The Kier molecular flexibility index (Phi) is 18.9. The van der Waals surface area contributed by atoms with Gasteiger partial charge in [0.25, 0.3) is 0 Å². The van der Waals surface area contributed by atoms with Crippen LogP contribution in [0.15, 0.2) is 419 Å². The summed E-state index contributed by atoms with van der Waals surface area (Å²) in [5, 5.41) is 0. The second kappa shape index (κ2) is 31.3. The number of rotatable bonds is 18. The molecule has 0 atom stereocenters. The summed E-state index contributed by atoms with van der Waals surface area (Å²) in [7, 11) is 0. The molecule has 0 bridgehead atoms. The summed E-state index contributed by atoms with van der Waals surface area (Å²) >= 11 is 0. The standard InChI is InChI=1S/C105H69N9/c1-7-25-73(26-8-1)97-64-98(74-27-9-2-10-28-74)110-103(109-97)82-55-58-94(106-67-82)79-49-43-70(44-50-79)88-37-19-22-40-91(88)85-61-86(92-41-23-20-38-89(92)71-45-51-80(52-46-71)95-59-56-83(68-107-95)104-111-99(75-29-11-3-12-30-75)65-100(112-104)76-31-13-4-14-32-76)63-87(62-85)93-42-24-21-39-90(93)72-47-53-81(54-48-72)96-60-57-84(69-108-96)105-113-101(77-33-15-5-16-34-77)66-102(114-105)78-35-17-6-18-36-78/h1-69H. The van der Waals surface area contributed by atoms with E-state index in [-0.39, 0.29) is 0 Å². The summed E-state index contributed by atoms with van der Waals surface area (Å²) in [5.74, 6) is 1.85. The molecule has 19 rings (SSSR count). The first-order valence-electron chi connectivity index (χ1n) is 38.1. The van der Waals surface area contributed by atoms with Crippen molar-refractivity contribution in [1.82, 2.24) is 44.9 Å². The van der Waals surface area contributed by atoms with Crippen LogP contribution in [0.25, 0.3) is 202 Å². The molecule has 0 aliphatic carbocycles. The molecular weight excluding hydrogens is 1390 g/mol. The Morgan fingerprint density at radius 1 is 0.114 bits per heavy atom. The highest BCUT2D eigenvalue weighted by atomic mass is 14.9. The molecule has 0 aliphatic heterocycles. The first-order valence-corrected chi connectivity index (χ1v) is 38.1. The summed E-state index contributed by atoms with van der Waals surface area (Å²) in [6.45, 7) is 0. The second-order valence-corrected chi connectivity index (χ2v) is 28.0. The quantitative estimate of drug-likeness (QED) is 0.0828. The van der Waals surface area contributed by atoms with Crippen molar-refractivity contribution in [3.63, 3.8) is 0 Å². The lowest BCUT2D eigenvalue weighted by Gasteiger charge is -2.18. The first-order chi connectivity index (χ1) is 56.4. The maximum atomic E-state index is 5.07. The molecule has 9 heteroatoms. The number of nitrogens with zero attached hydrogens (tertiary/aromatic N) is 9. The van der Waals surface area contributed by atoms with Gasteiger partial charge >= 0.3 is 0 Å². The van der Waals surface area contributed by atoms with Gasteiger partial charge in [0.1, 0.15) is 0 Å². The Balaban J connectivity index is 0.654. The van der Waals surface area contributed by atoms with Gasteiger partial charge in [0.05, 0.1) is 51.2 Å². The highest BCUT2D eigenvalue weighted by Gasteiger charge is 2.21. The molecule has 6 heterocycles. The average molecular weight is 1460 g/mol. The van der Waals surface area contributed by atoms with Crippen LogP contribution in [0.4, 0.5) is 0 Å². The van der Waals surface area contributed by atoms with Crippen LogP contribution in [-0.2, 0) is 0 Å². The zero-order chi connectivity index (χ0) is 75.9. The van der Waals surface area contributed by atoms with E-state index in [4.69, 9.17) is 44.9 Å². The van der Waals surface area contributed by atoms with Gasteiger partial charge in [0.2, 0.25) is 0 Å². The van der Waals surface area contributed by atoms with E-state index in [9.17, 15) is 0 Å². The first kappa shape index (κ1) is 69.0. The molecule has 114 heavy (non-hydrogen) atoms. The molecule has 0 spiro atoms. The summed E-state index contributed by atoms with van der Waals surface area (Å²) in [6.07, 6.45) is 5.64. The van der Waals surface area contributed by atoms with Gasteiger partial charge in [0, 0.05) is 85.4 Å². The Hall–Kier alpha value is -15.5. The van der Waals surface area contributed by atoms with E-state index in [0.29, 0.717) is 17.5 Å². The third-order valence-corrected chi connectivity index (χ3v) is 20.8. The predicted molar refractivity (Wildman–Crippen MR) is 464 cm³/mol. The van der Waals surface area contributed by atoms with Crippen molar-refractivity contribution >= 4 is 0 Å². The van der Waals surface area contributed by atoms with Gasteiger partial charge in [-0.3, -0.25) is 15.0 Å². The highest BCUT2D eigenvalue weighted by Crippen LogP contribution is 2.44. The Morgan fingerprint density at radius 3 is 0.474 bits per heavy atom. The summed E-state index contributed by atoms with van der Waals surface area (Å²) in [5.41, 5.74) is 32.4. The minimum atomic E-state index is 0.615. The van der Waals surface area contributed by atoms with Crippen LogP contribution in [0.1, 0.15) is 0 Å². The predicted octanol–water partition coefficient (Wildman–Crippen LogP) is 26.2. The van der Waals surface area contributed by atoms with Crippen LogP contribution >= 0.6 is 0 Å². The molecule has 0 amide bonds. The lowest BCUT2D eigenvalue weighted by atomic mass is 9.86. The molecule has 0 unspecified atom stereocenters. The lowest BCUT2D eigenvalue weighted by molar-refractivity contribution is 1.17. The molecule has 0 radical (unpaired) electrons. The second-order valence-electron chi connectivity index (χ2n) is 28.0. The van der Waals surface area contributed by atoms with Crippen molar-refractivity contribution < 1.29 is 0 Å². The molecule has 6 aromatic heterocycles. The van der Waals surface area contributed by atoms with Gasteiger partial charge in [-0.25, -0.2) is 29.9 Å². The Labute approximate surface area is 661 Å². The monoisotopic (exact) mass is 1460 g/mol. The largest absolute Gasteiger partial charge is 0.255 e. The minimum Gasteiger partial charge on any atom is -0.255 e. The van der Waals surface area contributed by atoms with E-state index in [1.165, 1.54) is 0 Å². The third-order valence-electron chi connectivity index (χ3n) is 20.8. The van der Waals surface area contributed by atoms with Gasteiger partial charge in [-0.15, -0.1) is 0 Å². The van der Waals surface area contributed by atoms with E-state index in [1.54, 1.807) is 0 Å². The number of aromatic nitrogens is 9. The molecule has 534 valence electrons. The van der Waals surface area contributed by atoms with Crippen molar-refractivity contribution in [2.45, 2.75) is 0 Å². The zero-order valence-corrected chi connectivity index (χ0v) is 61.9. The van der Waals surface area contributed by atoms with E-state index >= 15 is 0 Å². The minimum absolute atomic E-state index is 0.615. The summed E-state index contributed by atoms with van der Waals surface area (Å²) in [6, 6.07) is 140. The Bertz CT molecular complexity index is 5790. The molecule has 0 saturated heterocycles. The maximum Gasteiger partial charge on any atom is 0.161 e. The van der Waals surface area contributed by atoms with Crippen molar-refractivity contribution in [1.29, 1.82) is 0 Å². The van der Waals surface area contributed by atoms with Crippen molar-refractivity contribution in [3.8, 4) is 202 Å². The van der Waals surface area contributed by atoms with Crippen LogP contribution in [0, 0.1) is 0 Å². The van der Waals surface area contributed by atoms with Crippen molar-refractivity contribution in [2.75, 3.05) is 0 Å². The fourth-order valence-electron chi connectivity index (χ4n) is 14.9. The van der Waals surface area contributed by atoms with E-state index in [2.05, 4.69) is 291 Å². The normalized spacial score (nSPS) is 11.2. The zero-order valence-electron chi connectivity index (χ0n) is 61.9. The highest BCUT2D eigenvalue weighted by molar-refractivity contribution is 5.95.